The van der Waals surface area contributed by atoms with E-state index in [1.165, 1.54) is 0 Å². The lowest BCUT2D eigenvalue weighted by molar-refractivity contribution is 0.00536. The van der Waals surface area contributed by atoms with E-state index in [0.29, 0.717) is 6.61 Å². The summed E-state index contributed by atoms with van der Waals surface area (Å²) >= 11 is 0. The van der Waals surface area contributed by atoms with E-state index in [9.17, 15) is 0 Å². The van der Waals surface area contributed by atoms with E-state index < -0.39 is 0 Å². The summed E-state index contributed by atoms with van der Waals surface area (Å²) in [6, 6.07) is 3.91. The third-order valence-corrected chi connectivity index (χ3v) is 3.61. The van der Waals surface area contributed by atoms with Gasteiger partial charge in [0, 0.05) is 25.6 Å². The molecule has 0 aromatic heterocycles. The fraction of sp³-hybridized carbons (Fsp3) is 0.625. The average molecular weight is 295 g/mol. The molecule has 1 heterocycles. The molecular formula is C16H25NO4. The molecule has 0 aliphatic carbocycles. The molecular weight excluding hydrogens is 270 g/mol. The number of ether oxygens (including phenoxy) is 4. The Kier molecular flexibility index (Phi) is 4.96. The Balaban J connectivity index is 2.09. The highest BCUT2D eigenvalue weighted by atomic mass is 16.7. The van der Waals surface area contributed by atoms with E-state index in [-0.39, 0.29) is 18.4 Å². The van der Waals surface area contributed by atoms with Gasteiger partial charge in [0.25, 0.3) is 0 Å². The number of hydrogen-bond donors (Lipinski definition) is 1. The first-order valence-corrected chi connectivity index (χ1v) is 7.27. The van der Waals surface area contributed by atoms with Gasteiger partial charge in [-0.25, -0.2) is 0 Å². The monoisotopic (exact) mass is 295 g/mol. The van der Waals surface area contributed by atoms with E-state index in [2.05, 4.69) is 0 Å². The molecule has 2 rings (SSSR count). The van der Waals surface area contributed by atoms with Gasteiger partial charge in [0.1, 0.15) is 5.75 Å². The first-order valence-electron chi connectivity index (χ1n) is 7.27. The first kappa shape index (κ1) is 15.9. The molecule has 0 spiro atoms. The van der Waals surface area contributed by atoms with Crippen LogP contribution in [0.3, 0.4) is 0 Å². The van der Waals surface area contributed by atoms with Crippen molar-refractivity contribution in [3.8, 4) is 17.2 Å². The van der Waals surface area contributed by atoms with Crippen LogP contribution in [0, 0.1) is 0 Å². The molecule has 1 aromatic rings. The van der Waals surface area contributed by atoms with Crippen molar-refractivity contribution in [3.63, 3.8) is 0 Å². The highest BCUT2D eigenvalue weighted by molar-refractivity contribution is 5.52. The number of methoxy groups -OCH3 is 1. The van der Waals surface area contributed by atoms with Gasteiger partial charge in [-0.15, -0.1) is 0 Å². The predicted octanol–water partition coefficient (Wildman–Crippen LogP) is 2.50. The summed E-state index contributed by atoms with van der Waals surface area (Å²) in [4.78, 5) is 0. The van der Waals surface area contributed by atoms with Gasteiger partial charge in [-0.2, -0.15) is 0 Å². The summed E-state index contributed by atoms with van der Waals surface area (Å²) in [5.41, 5.74) is 6.76. The van der Waals surface area contributed by atoms with Crippen LogP contribution in [0.2, 0.25) is 0 Å². The van der Waals surface area contributed by atoms with Crippen molar-refractivity contribution in [1.82, 2.24) is 0 Å². The van der Waals surface area contributed by atoms with Crippen LogP contribution >= 0.6 is 0 Å². The Morgan fingerprint density at radius 2 is 1.95 bits per heavy atom. The fourth-order valence-electron chi connectivity index (χ4n) is 2.12. The van der Waals surface area contributed by atoms with Gasteiger partial charge in [0.15, 0.2) is 11.5 Å². The van der Waals surface area contributed by atoms with Gasteiger partial charge in [-0.1, -0.05) is 0 Å². The Morgan fingerprint density at radius 1 is 1.29 bits per heavy atom. The molecule has 0 saturated carbocycles. The Hall–Kier alpha value is -1.46. The quantitative estimate of drug-likeness (QED) is 0.837. The zero-order chi connectivity index (χ0) is 15.5. The van der Waals surface area contributed by atoms with E-state index >= 15 is 0 Å². The SMILES string of the molecule is COC(C)(C)CCOc1cc2c(cc1CC(C)N)OCO2. The normalized spacial score (nSPS) is 15.1. The van der Waals surface area contributed by atoms with Gasteiger partial charge in [0.2, 0.25) is 6.79 Å². The van der Waals surface area contributed by atoms with Crippen LogP contribution in [0.5, 0.6) is 17.2 Å². The lowest BCUT2D eigenvalue weighted by atomic mass is 10.0. The van der Waals surface area contributed by atoms with Crippen LogP contribution in [0.15, 0.2) is 12.1 Å². The molecule has 118 valence electrons. The second-order valence-electron chi connectivity index (χ2n) is 6.06. The summed E-state index contributed by atoms with van der Waals surface area (Å²) in [7, 11) is 1.71. The second kappa shape index (κ2) is 6.54. The van der Waals surface area contributed by atoms with Crippen molar-refractivity contribution in [2.75, 3.05) is 20.5 Å². The van der Waals surface area contributed by atoms with Crippen molar-refractivity contribution >= 4 is 0 Å². The zero-order valence-electron chi connectivity index (χ0n) is 13.3. The molecule has 1 aromatic carbocycles. The summed E-state index contributed by atoms with van der Waals surface area (Å²) in [5, 5.41) is 0. The fourth-order valence-corrected chi connectivity index (χ4v) is 2.12. The molecule has 0 saturated heterocycles. The van der Waals surface area contributed by atoms with Crippen molar-refractivity contribution in [2.24, 2.45) is 5.73 Å². The van der Waals surface area contributed by atoms with Crippen molar-refractivity contribution in [1.29, 1.82) is 0 Å². The predicted molar refractivity (Wildman–Crippen MR) is 81.1 cm³/mol. The van der Waals surface area contributed by atoms with Gasteiger partial charge in [-0.3, -0.25) is 0 Å². The molecule has 0 radical (unpaired) electrons. The summed E-state index contributed by atoms with van der Waals surface area (Å²) in [5.74, 6) is 2.29. The van der Waals surface area contributed by atoms with Crippen LogP contribution < -0.4 is 19.9 Å². The Morgan fingerprint density at radius 3 is 2.57 bits per heavy atom. The van der Waals surface area contributed by atoms with Crippen LogP contribution in [-0.4, -0.2) is 32.2 Å². The standard InChI is InChI=1S/C16H25NO4/c1-11(17)7-12-8-14-15(21-10-20-14)9-13(12)19-6-5-16(2,3)18-4/h8-9,11H,5-7,10,17H2,1-4H3. The molecule has 2 N–H and O–H groups in total. The minimum atomic E-state index is -0.197. The molecule has 5 heteroatoms. The van der Waals surface area contributed by atoms with Crippen LogP contribution in [0.1, 0.15) is 32.8 Å². The molecule has 0 bridgehead atoms. The second-order valence-corrected chi connectivity index (χ2v) is 6.06. The Bertz CT molecular complexity index is 485. The maximum Gasteiger partial charge on any atom is 0.231 e. The molecule has 1 unspecified atom stereocenters. The average Bonchev–Trinajstić information content (AvgIpc) is 2.85. The van der Waals surface area contributed by atoms with Gasteiger partial charge >= 0.3 is 0 Å². The van der Waals surface area contributed by atoms with Gasteiger partial charge < -0.3 is 24.7 Å². The maximum atomic E-state index is 5.93. The molecule has 1 aliphatic rings. The van der Waals surface area contributed by atoms with Crippen LogP contribution in [-0.2, 0) is 11.2 Å². The first-order chi connectivity index (χ1) is 9.91. The molecule has 1 aliphatic heterocycles. The molecule has 1 atom stereocenters. The third kappa shape index (κ3) is 4.25. The smallest absolute Gasteiger partial charge is 0.231 e. The number of hydrogen-bond acceptors (Lipinski definition) is 5. The van der Waals surface area contributed by atoms with E-state index in [1.54, 1.807) is 7.11 Å². The minimum absolute atomic E-state index is 0.0585. The highest BCUT2D eigenvalue weighted by Gasteiger charge is 2.20. The summed E-state index contributed by atoms with van der Waals surface area (Å²) < 4.78 is 22.2. The van der Waals surface area contributed by atoms with Crippen molar-refractivity contribution in [2.45, 2.75) is 45.3 Å². The highest BCUT2D eigenvalue weighted by Crippen LogP contribution is 2.38. The Labute approximate surface area is 126 Å². The maximum absolute atomic E-state index is 5.93. The number of benzene rings is 1. The van der Waals surface area contributed by atoms with E-state index in [0.717, 1.165) is 35.7 Å². The van der Waals surface area contributed by atoms with Gasteiger partial charge in [-0.05, 0) is 38.8 Å². The number of rotatable bonds is 7. The number of nitrogens with two attached hydrogens (primary N) is 1. The van der Waals surface area contributed by atoms with E-state index in [1.807, 2.05) is 32.9 Å². The largest absolute Gasteiger partial charge is 0.493 e. The molecule has 21 heavy (non-hydrogen) atoms. The van der Waals surface area contributed by atoms with Gasteiger partial charge in [0.05, 0.1) is 12.2 Å². The lowest BCUT2D eigenvalue weighted by Gasteiger charge is -2.23. The van der Waals surface area contributed by atoms with Crippen LogP contribution in [0.25, 0.3) is 0 Å². The molecule has 5 nitrogen and oxygen atoms in total. The molecule has 0 fully saturated rings. The number of fused-ring (bicyclic) bond motifs is 1. The van der Waals surface area contributed by atoms with Crippen molar-refractivity contribution < 1.29 is 18.9 Å². The molecule has 0 amide bonds. The van der Waals surface area contributed by atoms with Crippen LogP contribution in [0.4, 0.5) is 0 Å². The zero-order valence-corrected chi connectivity index (χ0v) is 13.3. The minimum Gasteiger partial charge on any atom is -0.493 e. The van der Waals surface area contributed by atoms with E-state index in [4.69, 9.17) is 24.7 Å². The summed E-state index contributed by atoms with van der Waals surface area (Å²) in [6.07, 6.45) is 1.54. The topological polar surface area (TPSA) is 62.9 Å². The third-order valence-electron chi connectivity index (χ3n) is 3.61. The van der Waals surface area contributed by atoms with Crippen molar-refractivity contribution in [3.05, 3.63) is 17.7 Å². The summed E-state index contributed by atoms with van der Waals surface area (Å²) in [6.45, 7) is 6.89. The lowest BCUT2D eigenvalue weighted by Crippen LogP contribution is -2.25.